The highest BCUT2D eigenvalue weighted by Gasteiger charge is 2.10. The van der Waals surface area contributed by atoms with Gasteiger partial charge in [-0.3, -0.25) is 5.32 Å². The lowest BCUT2D eigenvalue weighted by Gasteiger charge is -2.13. The molecule has 14 heavy (non-hydrogen) atoms. The predicted molar refractivity (Wildman–Crippen MR) is 61.1 cm³/mol. The van der Waals surface area contributed by atoms with Crippen molar-refractivity contribution >= 4 is 21.7 Å². The first-order valence-corrected chi connectivity index (χ1v) is 5.59. The summed E-state index contributed by atoms with van der Waals surface area (Å²) in [6.07, 6.45) is 2.17. The molecule has 4 heteroatoms. The van der Waals surface area contributed by atoms with Crippen LogP contribution < -0.4 is 10.0 Å². The van der Waals surface area contributed by atoms with Gasteiger partial charge in [0.05, 0.1) is 6.04 Å². The average molecular weight is 259 g/mol. The van der Waals surface area contributed by atoms with Gasteiger partial charge in [-0.2, -0.15) is 0 Å². The second-order valence-corrected chi connectivity index (χ2v) is 4.17. The molecule has 0 aliphatic carbocycles. The molecule has 0 spiro atoms. The number of rotatable bonds is 4. The molecule has 0 aliphatic rings. The van der Waals surface area contributed by atoms with E-state index in [2.05, 4.69) is 35.1 Å². The van der Waals surface area contributed by atoms with E-state index in [1.165, 1.54) is 0 Å². The van der Waals surface area contributed by atoms with E-state index >= 15 is 0 Å². The van der Waals surface area contributed by atoms with Crippen LogP contribution in [0.4, 0.5) is 5.82 Å². The van der Waals surface area contributed by atoms with E-state index in [1.54, 1.807) is 12.1 Å². The van der Waals surface area contributed by atoms with Crippen LogP contribution in [0.15, 0.2) is 22.8 Å². The Balaban J connectivity index is 2.71. The Morgan fingerprint density at radius 3 is 2.93 bits per heavy atom. The molecular weight excluding hydrogens is 244 g/mol. The van der Waals surface area contributed by atoms with Crippen molar-refractivity contribution in [1.29, 1.82) is 0 Å². The van der Waals surface area contributed by atoms with Gasteiger partial charge < -0.3 is 5.21 Å². The molecule has 0 saturated heterocycles. The maximum Gasteiger partial charge on any atom is 0.278 e. The quantitative estimate of drug-likeness (QED) is 0.513. The number of halogens is 1. The van der Waals surface area contributed by atoms with Crippen LogP contribution in [-0.4, -0.2) is 6.04 Å². The standard InChI is InChI=1S/C10H15BrN2O/c1-3-5-8(2)12-10-7-4-6-9(11)13(10)14/h4,6-8,12H,3,5H2,1-2H3. The summed E-state index contributed by atoms with van der Waals surface area (Å²) in [5.41, 5.74) is 0. The normalized spacial score (nSPS) is 12.5. The van der Waals surface area contributed by atoms with Crippen molar-refractivity contribution in [2.24, 2.45) is 0 Å². The third-order valence-corrected chi connectivity index (χ3v) is 2.60. The molecule has 1 atom stereocenters. The Kier molecular flexibility index (Phi) is 4.20. The molecule has 0 saturated carbocycles. The first kappa shape index (κ1) is 11.3. The van der Waals surface area contributed by atoms with Crippen LogP contribution in [0.2, 0.25) is 0 Å². The first-order chi connectivity index (χ1) is 6.65. The van der Waals surface area contributed by atoms with Crippen molar-refractivity contribution in [2.45, 2.75) is 32.7 Å². The number of nitrogens with zero attached hydrogens (tertiary/aromatic N) is 1. The number of hydrogen-bond donors (Lipinski definition) is 1. The van der Waals surface area contributed by atoms with Gasteiger partial charge in [-0.1, -0.05) is 13.3 Å². The molecule has 0 fully saturated rings. The van der Waals surface area contributed by atoms with Crippen molar-refractivity contribution in [2.75, 3.05) is 5.32 Å². The molecular formula is C10H15BrN2O. The van der Waals surface area contributed by atoms with E-state index < -0.39 is 0 Å². The van der Waals surface area contributed by atoms with Crippen LogP contribution in [0.1, 0.15) is 26.7 Å². The molecule has 0 amide bonds. The zero-order valence-electron chi connectivity index (χ0n) is 8.46. The molecule has 0 bridgehead atoms. The van der Waals surface area contributed by atoms with Crippen LogP contribution in [0.5, 0.6) is 0 Å². The van der Waals surface area contributed by atoms with E-state index in [1.807, 2.05) is 6.07 Å². The minimum atomic E-state index is 0.328. The summed E-state index contributed by atoms with van der Waals surface area (Å²) in [6, 6.07) is 5.68. The Bertz CT molecular complexity index is 304. The molecule has 1 N–H and O–H groups in total. The maximum absolute atomic E-state index is 11.5. The molecule has 0 aromatic carbocycles. The highest BCUT2D eigenvalue weighted by molar-refractivity contribution is 9.10. The summed E-state index contributed by atoms with van der Waals surface area (Å²) in [5.74, 6) is 0.598. The Morgan fingerprint density at radius 1 is 1.57 bits per heavy atom. The fourth-order valence-corrected chi connectivity index (χ4v) is 1.68. The van der Waals surface area contributed by atoms with Gasteiger partial charge in [0.25, 0.3) is 5.82 Å². The molecule has 0 aliphatic heterocycles. The van der Waals surface area contributed by atoms with Crippen LogP contribution in [0.25, 0.3) is 0 Å². The zero-order chi connectivity index (χ0) is 10.6. The van der Waals surface area contributed by atoms with Gasteiger partial charge >= 0.3 is 0 Å². The SMILES string of the molecule is CCCC(C)Nc1cccc(Br)[n+]1[O-]. The van der Waals surface area contributed by atoms with Gasteiger partial charge in [-0.05, 0) is 41.4 Å². The van der Waals surface area contributed by atoms with Crippen molar-refractivity contribution in [3.8, 4) is 0 Å². The van der Waals surface area contributed by atoms with Gasteiger partial charge in [-0.15, -0.1) is 0 Å². The van der Waals surface area contributed by atoms with Gasteiger partial charge in [0.15, 0.2) is 4.60 Å². The van der Waals surface area contributed by atoms with E-state index in [4.69, 9.17) is 0 Å². The van der Waals surface area contributed by atoms with Gasteiger partial charge in [0.2, 0.25) is 0 Å². The summed E-state index contributed by atoms with van der Waals surface area (Å²) in [5, 5.41) is 14.7. The van der Waals surface area contributed by atoms with E-state index in [-0.39, 0.29) is 0 Å². The van der Waals surface area contributed by atoms with Crippen molar-refractivity contribution < 1.29 is 4.73 Å². The minimum Gasteiger partial charge on any atom is -0.710 e. The van der Waals surface area contributed by atoms with Gasteiger partial charge in [0, 0.05) is 6.07 Å². The molecule has 1 rings (SSSR count). The molecule has 0 radical (unpaired) electrons. The molecule has 1 aromatic rings. The molecule has 1 heterocycles. The lowest BCUT2D eigenvalue weighted by molar-refractivity contribution is -0.602. The summed E-state index contributed by atoms with van der Waals surface area (Å²) in [4.78, 5) is 0. The second kappa shape index (κ2) is 5.20. The summed E-state index contributed by atoms with van der Waals surface area (Å²) >= 11 is 3.19. The number of anilines is 1. The number of pyridine rings is 1. The topological polar surface area (TPSA) is 39.0 Å². The minimum absolute atomic E-state index is 0.328. The Labute approximate surface area is 92.9 Å². The fraction of sp³-hybridized carbons (Fsp3) is 0.500. The zero-order valence-corrected chi connectivity index (χ0v) is 10.0. The Hall–Kier alpha value is -0.770. The summed E-state index contributed by atoms with van der Waals surface area (Å²) in [6.45, 7) is 4.20. The monoisotopic (exact) mass is 258 g/mol. The summed E-state index contributed by atoms with van der Waals surface area (Å²) < 4.78 is 1.39. The molecule has 3 nitrogen and oxygen atoms in total. The van der Waals surface area contributed by atoms with Crippen molar-refractivity contribution in [1.82, 2.24) is 0 Å². The third kappa shape index (κ3) is 2.87. The number of nitrogens with one attached hydrogen (secondary N) is 1. The van der Waals surface area contributed by atoms with Crippen LogP contribution >= 0.6 is 15.9 Å². The number of hydrogen-bond acceptors (Lipinski definition) is 2. The predicted octanol–water partition coefficient (Wildman–Crippen LogP) is 2.68. The van der Waals surface area contributed by atoms with Crippen LogP contribution in [0, 0.1) is 5.21 Å². The molecule has 78 valence electrons. The Morgan fingerprint density at radius 2 is 2.29 bits per heavy atom. The van der Waals surface area contributed by atoms with E-state index in [0.717, 1.165) is 17.6 Å². The van der Waals surface area contributed by atoms with Crippen LogP contribution in [0.3, 0.4) is 0 Å². The number of aromatic nitrogens is 1. The highest BCUT2D eigenvalue weighted by Crippen LogP contribution is 2.09. The smallest absolute Gasteiger partial charge is 0.278 e. The third-order valence-electron chi connectivity index (χ3n) is 2.02. The largest absolute Gasteiger partial charge is 0.710 e. The van der Waals surface area contributed by atoms with Crippen LogP contribution in [-0.2, 0) is 0 Å². The fourth-order valence-electron chi connectivity index (χ4n) is 1.33. The first-order valence-electron chi connectivity index (χ1n) is 4.79. The second-order valence-electron chi connectivity index (χ2n) is 3.36. The lowest BCUT2D eigenvalue weighted by atomic mass is 10.2. The maximum atomic E-state index is 11.5. The van der Waals surface area contributed by atoms with Gasteiger partial charge in [-0.25, -0.2) is 4.73 Å². The van der Waals surface area contributed by atoms with E-state index in [9.17, 15) is 5.21 Å². The van der Waals surface area contributed by atoms with Gasteiger partial charge in [0.1, 0.15) is 0 Å². The summed E-state index contributed by atoms with van der Waals surface area (Å²) in [7, 11) is 0. The molecule has 1 aromatic heterocycles. The van der Waals surface area contributed by atoms with Crippen molar-refractivity contribution in [3.63, 3.8) is 0 Å². The highest BCUT2D eigenvalue weighted by atomic mass is 79.9. The molecule has 1 unspecified atom stereocenters. The van der Waals surface area contributed by atoms with E-state index in [0.29, 0.717) is 16.5 Å². The average Bonchev–Trinajstić information content (AvgIpc) is 2.13. The van der Waals surface area contributed by atoms with Crippen molar-refractivity contribution in [3.05, 3.63) is 28.0 Å². The lowest BCUT2D eigenvalue weighted by Crippen LogP contribution is -2.34.